The molecule has 0 aliphatic carbocycles. The van der Waals surface area contributed by atoms with E-state index >= 15 is 0 Å². The highest BCUT2D eigenvalue weighted by Gasteiger charge is 2.15. The van der Waals surface area contributed by atoms with E-state index in [4.69, 9.17) is 0 Å². The highest BCUT2D eigenvalue weighted by atomic mass is 19.1. The maximum atomic E-state index is 13.3. The number of hydrogen-bond donors (Lipinski definition) is 1. The SMILES string of the molecule is O=C(COC(=O)c1ccccc1F)Nc1cc(F)ccc1F. The summed E-state index contributed by atoms with van der Waals surface area (Å²) in [5.74, 6) is -4.28. The van der Waals surface area contributed by atoms with Gasteiger partial charge in [-0.15, -0.1) is 0 Å². The van der Waals surface area contributed by atoms with Gasteiger partial charge in [-0.05, 0) is 24.3 Å². The van der Waals surface area contributed by atoms with Crippen LogP contribution in [0.25, 0.3) is 0 Å². The fraction of sp³-hybridized carbons (Fsp3) is 0.0667. The molecule has 0 fully saturated rings. The van der Waals surface area contributed by atoms with Gasteiger partial charge in [-0.3, -0.25) is 4.79 Å². The van der Waals surface area contributed by atoms with Crippen molar-refractivity contribution in [2.45, 2.75) is 0 Å². The fourth-order valence-electron chi connectivity index (χ4n) is 1.62. The Kier molecular flexibility index (Phi) is 4.77. The first kappa shape index (κ1) is 15.6. The van der Waals surface area contributed by atoms with Crippen molar-refractivity contribution in [1.82, 2.24) is 0 Å². The first-order chi connectivity index (χ1) is 10.5. The second-order valence-corrected chi connectivity index (χ2v) is 4.23. The summed E-state index contributed by atoms with van der Waals surface area (Å²) in [6, 6.07) is 7.61. The summed E-state index contributed by atoms with van der Waals surface area (Å²) in [6.07, 6.45) is 0. The summed E-state index contributed by atoms with van der Waals surface area (Å²) < 4.78 is 44.2. The molecule has 2 rings (SSSR count). The lowest BCUT2D eigenvalue weighted by Gasteiger charge is -2.08. The minimum Gasteiger partial charge on any atom is -0.452 e. The number of carbonyl (C=O) groups is 2. The first-order valence-corrected chi connectivity index (χ1v) is 6.14. The Bertz CT molecular complexity index is 719. The zero-order chi connectivity index (χ0) is 16.1. The van der Waals surface area contributed by atoms with E-state index in [1.807, 2.05) is 5.32 Å². The predicted octanol–water partition coefficient (Wildman–Crippen LogP) is 2.90. The standard InChI is InChI=1S/C15H10F3NO3/c16-9-5-6-12(18)13(7-9)19-14(20)8-22-15(21)10-3-1-2-4-11(10)17/h1-7H,8H2,(H,19,20). The lowest BCUT2D eigenvalue weighted by Crippen LogP contribution is -2.22. The number of hydrogen-bond acceptors (Lipinski definition) is 3. The number of benzene rings is 2. The number of rotatable bonds is 4. The molecule has 0 heterocycles. The molecule has 0 aliphatic heterocycles. The summed E-state index contributed by atoms with van der Waals surface area (Å²) in [7, 11) is 0. The quantitative estimate of drug-likeness (QED) is 0.884. The summed E-state index contributed by atoms with van der Waals surface area (Å²) >= 11 is 0. The molecule has 22 heavy (non-hydrogen) atoms. The van der Waals surface area contributed by atoms with E-state index in [1.165, 1.54) is 18.2 Å². The molecule has 1 amide bonds. The monoisotopic (exact) mass is 309 g/mol. The molecule has 0 atom stereocenters. The van der Waals surface area contributed by atoms with E-state index in [0.717, 1.165) is 24.3 Å². The molecule has 0 aromatic heterocycles. The third-order valence-corrected chi connectivity index (χ3v) is 2.63. The number of esters is 1. The maximum Gasteiger partial charge on any atom is 0.341 e. The lowest BCUT2D eigenvalue weighted by molar-refractivity contribution is -0.119. The zero-order valence-corrected chi connectivity index (χ0v) is 11.1. The molecule has 0 unspecified atom stereocenters. The molecule has 0 saturated carbocycles. The summed E-state index contributed by atoms with van der Waals surface area (Å²) in [5, 5.41) is 2.05. The van der Waals surface area contributed by atoms with Crippen LogP contribution in [-0.4, -0.2) is 18.5 Å². The molecule has 1 N–H and O–H groups in total. The number of ether oxygens (including phenoxy) is 1. The van der Waals surface area contributed by atoms with Crippen molar-refractivity contribution in [3.63, 3.8) is 0 Å². The Morgan fingerprint density at radius 3 is 2.45 bits per heavy atom. The zero-order valence-electron chi connectivity index (χ0n) is 11.1. The molecular formula is C15H10F3NO3. The lowest BCUT2D eigenvalue weighted by atomic mass is 10.2. The maximum absolute atomic E-state index is 13.3. The van der Waals surface area contributed by atoms with Gasteiger partial charge >= 0.3 is 5.97 Å². The van der Waals surface area contributed by atoms with Gasteiger partial charge in [-0.25, -0.2) is 18.0 Å². The van der Waals surface area contributed by atoms with Crippen LogP contribution in [0, 0.1) is 17.5 Å². The molecule has 0 spiro atoms. The van der Waals surface area contributed by atoms with Gasteiger partial charge in [0.05, 0.1) is 11.3 Å². The van der Waals surface area contributed by atoms with Crippen LogP contribution in [-0.2, 0) is 9.53 Å². The Balaban J connectivity index is 1.94. The van der Waals surface area contributed by atoms with Crippen molar-refractivity contribution < 1.29 is 27.5 Å². The summed E-state index contributed by atoms with van der Waals surface area (Å²) in [5.41, 5.74) is -0.709. The number of carbonyl (C=O) groups excluding carboxylic acids is 2. The van der Waals surface area contributed by atoms with E-state index in [-0.39, 0.29) is 11.3 Å². The van der Waals surface area contributed by atoms with Crippen LogP contribution in [0.15, 0.2) is 42.5 Å². The number of anilines is 1. The molecule has 0 saturated heterocycles. The summed E-state index contributed by atoms with van der Waals surface area (Å²) in [6.45, 7) is -0.761. The van der Waals surface area contributed by atoms with Crippen LogP contribution in [0.5, 0.6) is 0 Å². The molecule has 0 radical (unpaired) electrons. The van der Waals surface area contributed by atoms with Crippen LogP contribution in [0.1, 0.15) is 10.4 Å². The van der Waals surface area contributed by atoms with E-state index in [9.17, 15) is 22.8 Å². The van der Waals surface area contributed by atoms with Crippen LogP contribution >= 0.6 is 0 Å². The minimum atomic E-state index is -1.03. The van der Waals surface area contributed by atoms with Crippen LogP contribution in [0.3, 0.4) is 0 Å². The second kappa shape index (κ2) is 6.75. The van der Waals surface area contributed by atoms with Crippen molar-refractivity contribution in [1.29, 1.82) is 0 Å². The Labute approximate surface area is 123 Å². The molecule has 2 aromatic carbocycles. The predicted molar refractivity (Wildman–Crippen MR) is 71.7 cm³/mol. The second-order valence-electron chi connectivity index (χ2n) is 4.23. The topological polar surface area (TPSA) is 55.4 Å². The summed E-state index contributed by atoms with van der Waals surface area (Å²) in [4.78, 5) is 23.1. The van der Waals surface area contributed by atoms with Gasteiger partial charge in [0.2, 0.25) is 0 Å². The van der Waals surface area contributed by atoms with Crippen molar-refractivity contribution in [2.75, 3.05) is 11.9 Å². The fourth-order valence-corrected chi connectivity index (χ4v) is 1.62. The minimum absolute atomic E-state index is 0.327. The molecule has 0 aliphatic rings. The average molecular weight is 309 g/mol. The van der Waals surface area contributed by atoms with Crippen molar-refractivity contribution in [2.24, 2.45) is 0 Å². The van der Waals surface area contributed by atoms with Crippen molar-refractivity contribution in [3.8, 4) is 0 Å². The normalized spacial score (nSPS) is 10.1. The van der Waals surface area contributed by atoms with Gasteiger partial charge < -0.3 is 10.1 Å². The highest BCUT2D eigenvalue weighted by Crippen LogP contribution is 2.15. The van der Waals surface area contributed by atoms with Crippen molar-refractivity contribution in [3.05, 3.63) is 65.5 Å². The molecular weight excluding hydrogens is 299 g/mol. The molecule has 4 nitrogen and oxygen atoms in total. The highest BCUT2D eigenvalue weighted by molar-refractivity contribution is 5.95. The van der Waals surface area contributed by atoms with Crippen LogP contribution in [0.2, 0.25) is 0 Å². The van der Waals surface area contributed by atoms with Gasteiger partial charge in [0.1, 0.15) is 17.5 Å². The van der Waals surface area contributed by atoms with Gasteiger partial charge in [-0.2, -0.15) is 0 Å². The largest absolute Gasteiger partial charge is 0.452 e. The molecule has 0 bridgehead atoms. The Morgan fingerprint density at radius 1 is 1.00 bits per heavy atom. The van der Waals surface area contributed by atoms with Gasteiger partial charge in [-0.1, -0.05) is 12.1 Å². The van der Waals surface area contributed by atoms with Gasteiger partial charge in [0.15, 0.2) is 6.61 Å². The van der Waals surface area contributed by atoms with Crippen molar-refractivity contribution >= 4 is 17.6 Å². The smallest absolute Gasteiger partial charge is 0.341 e. The number of nitrogens with one attached hydrogen (secondary N) is 1. The van der Waals surface area contributed by atoms with Gasteiger partial charge in [0, 0.05) is 6.07 Å². The van der Waals surface area contributed by atoms with Crippen LogP contribution in [0.4, 0.5) is 18.9 Å². The third-order valence-electron chi connectivity index (χ3n) is 2.63. The van der Waals surface area contributed by atoms with Crippen LogP contribution < -0.4 is 5.32 Å². The molecule has 2 aromatic rings. The van der Waals surface area contributed by atoms with E-state index in [0.29, 0.717) is 0 Å². The third kappa shape index (κ3) is 3.85. The average Bonchev–Trinajstić information content (AvgIpc) is 2.49. The molecule has 7 heteroatoms. The first-order valence-electron chi connectivity index (χ1n) is 6.14. The van der Waals surface area contributed by atoms with Gasteiger partial charge in [0.25, 0.3) is 5.91 Å². The number of amides is 1. The van der Waals surface area contributed by atoms with E-state index < -0.39 is 35.9 Å². The van der Waals surface area contributed by atoms with E-state index in [2.05, 4.69) is 4.74 Å². The Hall–Kier alpha value is -2.83. The number of halogens is 3. The molecule has 114 valence electrons. The Morgan fingerprint density at radius 2 is 1.73 bits per heavy atom. The van der Waals surface area contributed by atoms with E-state index in [1.54, 1.807) is 0 Å².